The minimum Gasteiger partial charge on any atom is -0.391 e. The first-order valence-corrected chi connectivity index (χ1v) is 31.0. The number of rotatable bonds is 53. The van der Waals surface area contributed by atoms with Crippen LogP contribution in [-0.2, 0) is 9.59 Å². The Balaban J connectivity index is 2.41. The highest BCUT2D eigenvalue weighted by Crippen LogP contribution is 2.26. The van der Waals surface area contributed by atoms with Crippen LogP contribution in [0.1, 0.15) is 329 Å². The fraction of sp³-hybridized carbons (Fsp3) is 0.967. The van der Waals surface area contributed by atoms with Gasteiger partial charge in [-0.25, -0.2) is 0 Å². The van der Waals surface area contributed by atoms with Crippen molar-refractivity contribution in [3.63, 3.8) is 0 Å². The summed E-state index contributed by atoms with van der Waals surface area (Å²) in [5.74, 6) is 0.813. The zero-order valence-corrected chi connectivity index (χ0v) is 46.2. The molecule has 1 fully saturated rings. The molecule has 6 nitrogen and oxygen atoms in total. The number of aliphatic hydroxyl groups is 1. The van der Waals surface area contributed by atoms with Crippen molar-refractivity contribution < 1.29 is 14.7 Å². The highest BCUT2D eigenvalue weighted by Gasteiger charge is 2.30. The summed E-state index contributed by atoms with van der Waals surface area (Å²) in [5, 5.41) is 10.9. The summed E-state index contributed by atoms with van der Waals surface area (Å²) >= 11 is 0. The number of unbranched alkanes of at least 4 members (excludes halogenated alkanes) is 36. The Hall–Kier alpha value is -1.14. The lowest BCUT2D eigenvalue weighted by Crippen LogP contribution is -2.41. The average molecular weight is 945 g/mol. The van der Waals surface area contributed by atoms with E-state index in [0.29, 0.717) is 17.9 Å². The van der Waals surface area contributed by atoms with E-state index >= 15 is 0 Å². The molecule has 6 heteroatoms. The van der Waals surface area contributed by atoms with Crippen LogP contribution < -0.4 is 0 Å². The van der Waals surface area contributed by atoms with Gasteiger partial charge in [0.1, 0.15) is 0 Å². The summed E-state index contributed by atoms with van der Waals surface area (Å²) in [4.78, 5) is 34.0. The number of aliphatic hydroxyl groups excluding tert-OH is 1. The Labute approximate surface area is 420 Å². The van der Waals surface area contributed by atoms with E-state index < -0.39 is 0 Å². The maximum atomic E-state index is 13.5. The fourth-order valence-corrected chi connectivity index (χ4v) is 10.8. The molecule has 0 bridgehead atoms. The largest absolute Gasteiger partial charge is 0.391 e. The van der Waals surface area contributed by atoms with Crippen LogP contribution in [0.3, 0.4) is 0 Å². The zero-order chi connectivity index (χ0) is 48.5. The van der Waals surface area contributed by atoms with Crippen molar-refractivity contribution in [3.8, 4) is 0 Å². The number of amides is 2. The molecule has 67 heavy (non-hydrogen) atoms. The second kappa shape index (κ2) is 49.8. The van der Waals surface area contributed by atoms with E-state index in [4.69, 9.17) is 0 Å². The van der Waals surface area contributed by atoms with Crippen LogP contribution in [0.25, 0.3) is 0 Å². The lowest BCUT2D eigenvalue weighted by molar-refractivity contribution is -0.132. The molecular weight excluding hydrogens is 823 g/mol. The third kappa shape index (κ3) is 39.2. The number of hydrogen-bond acceptors (Lipinski definition) is 4. The predicted octanol–water partition coefficient (Wildman–Crippen LogP) is 18.1. The number of hydrogen-bond donors (Lipinski definition) is 1. The monoisotopic (exact) mass is 944 g/mol. The Kier molecular flexibility index (Phi) is 47.5. The van der Waals surface area contributed by atoms with Gasteiger partial charge in [0, 0.05) is 45.1 Å². The van der Waals surface area contributed by atoms with Crippen molar-refractivity contribution in [1.29, 1.82) is 0 Å². The highest BCUT2D eigenvalue weighted by molar-refractivity contribution is 5.76. The van der Waals surface area contributed by atoms with Gasteiger partial charge in [-0.05, 0) is 83.7 Å². The normalized spacial score (nSPS) is 15.0. The van der Waals surface area contributed by atoms with Crippen LogP contribution in [0.4, 0.5) is 0 Å². The average Bonchev–Trinajstić information content (AvgIpc) is 3.77. The first-order valence-electron chi connectivity index (χ1n) is 31.0. The first-order chi connectivity index (χ1) is 33.0. The van der Waals surface area contributed by atoms with Gasteiger partial charge in [0.2, 0.25) is 11.8 Å². The van der Waals surface area contributed by atoms with Gasteiger partial charge in [0.05, 0.1) is 6.10 Å². The molecule has 0 aromatic heterocycles. The first kappa shape index (κ1) is 63.9. The Morgan fingerprint density at radius 2 is 0.567 bits per heavy atom. The third-order valence-corrected chi connectivity index (χ3v) is 15.4. The molecule has 2 amide bonds. The van der Waals surface area contributed by atoms with E-state index in [0.717, 1.165) is 97.1 Å². The summed E-state index contributed by atoms with van der Waals surface area (Å²) in [6, 6.07) is 0.330. The molecule has 0 unspecified atom stereocenters. The standard InChI is InChI=1S/C61H121N3O3/c1-5-9-13-17-21-25-33-43-54-63(55-44-34-26-22-18-14-10-6-2)60(66)50-39-31-29-37-41-52-62(58-48-47-49-59(58)65)53-42-38-30-32-40-51-61(67)64(56-45-35-27-23-19-15-11-7-3)57-46-36-28-24-20-16-12-8-4/h58-59,65H,5-57H2,1-4H3/t58-,59-/m0/s1. The Bertz CT molecular complexity index is 929. The molecule has 0 radical (unpaired) electrons. The van der Waals surface area contributed by atoms with E-state index in [1.165, 1.54) is 244 Å². The summed E-state index contributed by atoms with van der Waals surface area (Å²) < 4.78 is 0. The predicted molar refractivity (Wildman–Crippen MR) is 294 cm³/mol. The van der Waals surface area contributed by atoms with Crippen LogP contribution in [0, 0.1) is 0 Å². The molecule has 398 valence electrons. The van der Waals surface area contributed by atoms with E-state index in [2.05, 4.69) is 42.4 Å². The Morgan fingerprint density at radius 3 is 0.821 bits per heavy atom. The molecule has 0 aromatic carbocycles. The molecule has 0 spiro atoms. The maximum absolute atomic E-state index is 13.5. The van der Waals surface area contributed by atoms with Gasteiger partial charge in [0.15, 0.2) is 0 Å². The molecule has 0 aromatic rings. The van der Waals surface area contributed by atoms with Gasteiger partial charge in [-0.2, -0.15) is 0 Å². The summed E-state index contributed by atoms with van der Waals surface area (Å²) in [6.07, 6.45) is 58.3. The summed E-state index contributed by atoms with van der Waals surface area (Å²) in [6.45, 7) is 15.2. The van der Waals surface area contributed by atoms with Gasteiger partial charge >= 0.3 is 0 Å². The van der Waals surface area contributed by atoms with Crippen LogP contribution in [-0.4, -0.2) is 83.0 Å². The topological polar surface area (TPSA) is 64.1 Å². The quantitative estimate of drug-likeness (QED) is 0.0617. The van der Waals surface area contributed by atoms with E-state index in [1.54, 1.807) is 0 Å². The van der Waals surface area contributed by atoms with Gasteiger partial charge in [-0.1, -0.05) is 246 Å². The molecule has 0 aliphatic heterocycles. The third-order valence-electron chi connectivity index (χ3n) is 15.4. The minimum absolute atomic E-state index is 0.170. The second-order valence-corrected chi connectivity index (χ2v) is 21.8. The van der Waals surface area contributed by atoms with Crippen molar-refractivity contribution >= 4 is 11.8 Å². The minimum atomic E-state index is -0.170. The lowest BCUT2D eigenvalue weighted by atomic mass is 10.1. The maximum Gasteiger partial charge on any atom is 0.222 e. The molecule has 2 atom stereocenters. The van der Waals surface area contributed by atoms with Crippen LogP contribution >= 0.6 is 0 Å². The van der Waals surface area contributed by atoms with Crippen molar-refractivity contribution in [2.45, 2.75) is 342 Å². The molecule has 1 N–H and O–H groups in total. The SMILES string of the molecule is CCCCCCCCCCN(CCCCCCCCCC)C(=O)CCCCCCCN(CCCCCCCC(=O)N(CCCCCCCCCC)CCCCCCCCCC)[C@H]1CCC[C@@H]1O. The number of nitrogens with zero attached hydrogens (tertiary/aromatic N) is 3. The van der Waals surface area contributed by atoms with Gasteiger partial charge in [-0.15, -0.1) is 0 Å². The second-order valence-electron chi connectivity index (χ2n) is 21.8. The van der Waals surface area contributed by atoms with Gasteiger partial charge in [-0.3, -0.25) is 14.5 Å². The highest BCUT2D eigenvalue weighted by atomic mass is 16.3. The zero-order valence-electron chi connectivity index (χ0n) is 46.2. The molecule has 0 heterocycles. The van der Waals surface area contributed by atoms with E-state index in [9.17, 15) is 14.7 Å². The molecule has 1 saturated carbocycles. The molecular formula is C61H121N3O3. The number of carbonyl (C=O) groups is 2. The summed E-state index contributed by atoms with van der Waals surface area (Å²) in [5.41, 5.74) is 0. The van der Waals surface area contributed by atoms with Crippen LogP contribution in [0.15, 0.2) is 0 Å². The van der Waals surface area contributed by atoms with E-state index in [1.807, 2.05) is 0 Å². The Morgan fingerprint density at radius 1 is 0.328 bits per heavy atom. The van der Waals surface area contributed by atoms with Crippen LogP contribution in [0.5, 0.6) is 0 Å². The number of carbonyl (C=O) groups excluding carboxylic acids is 2. The van der Waals surface area contributed by atoms with Crippen molar-refractivity contribution in [1.82, 2.24) is 14.7 Å². The van der Waals surface area contributed by atoms with E-state index in [-0.39, 0.29) is 6.10 Å². The molecule has 1 aliphatic rings. The molecule has 1 aliphatic carbocycles. The van der Waals surface area contributed by atoms with Crippen LogP contribution in [0.2, 0.25) is 0 Å². The fourth-order valence-electron chi connectivity index (χ4n) is 10.8. The smallest absolute Gasteiger partial charge is 0.222 e. The van der Waals surface area contributed by atoms with Crippen molar-refractivity contribution in [3.05, 3.63) is 0 Å². The van der Waals surface area contributed by atoms with Crippen molar-refractivity contribution in [2.24, 2.45) is 0 Å². The van der Waals surface area contributed by atoms with Gasteiger partial charge < -0.3 is 14.9 Å². The summed E-state index contributed by atoms with van der Waals surface area (Å²) in [7, 11) is 0. The lowest BCUT2D eigenvalue weighted by Gasteiger charge is -2.31. The molecule has 1 rings (SSSR count). The van der Waals surface area contributed by atoms with Crippen molar-refractivity contribution in [2.75, 3.05) is 39.3 Å². The van der Waals surface area contributed by atoms with Gasteiger partial charge in [0.25, 0.3) is 0 Å². The molecule has 0 saturated heterocycles.